The van der Waals surface area contributed by atoms with Gasteiger partial charge in [0.25, 0.3) is 0 Å². The Morgan fingerprint density at radius 3 is 2.69 bits per heavy atom. The SMILES string of the molecule is O=c1c2nncn2ccn1-c1ccccc1. The third-order valence-corrected chi connectivity index (χ3v) is 2.39. The molecule has 0 N–H and O–H groups in total. The quantitative estimate of drug-likeness (QED) is 0.601. The first-order valence-corrected chi connectivity index (χ1v) is 4.83. The molecule has 0 spiro atoms. The summed E-state index contributed by atoms with van der Waals surface area (Å²) >= 11 is 0. The maximum absolute atomic E-state index is 12.0. The second-order valence-electron chi connectivity index (χ2n) is 3.37. The van der Waals surface area contributed by atoms with Crippen molar-refractivity contribution in [1.82, 2.24) is 19.2 Å². The molecule has 0 aliphatic rings. The van der Waals surface area contributed by atoms with Crippen molar-refractivity contribution < 1.29 is 0 Å². The van der Waals surface area contributed by atoms with Crippen LogP contribution < -0.4 is 5.56 Å². The molecular formula is C11H8N4O. The molecule has 0 bridgehead atoms. The Kier molecular flexibility index (Phi) is 1.83. The number of aromatic nitrogens is 4. The molecule has 0 radical (unpaired) electrons. The summed E-state index contributed by atoms with van der Waals surface area (Å²) in [5.74, 6) is 0. The lowest BCUT2D eigenvalue weighted by atomic mass is 10.3. The predicted octanol–water partition coefficient (Wildman–Crippen LogP) is 0.880. The lowest BCUT2D eigenvalue weighted by Crippen LogP contribution is -2.19. The highest BCUT2D eigenvalue weighted by Crippen LogP contribution is 2.03. The Labute approximate surface area is 90.6 Å². The van der Waals surface area contributed by atoms with Crippen molar-refractivity contribution in [3.63, 3.8) is 0 Å². The van der Waals surface area contributed by atoms with Crippen LogP contribution in [0.2, 0.25) is 0 Å². The average molecular weight is 212 g/mol. The van der Waals surface area contributed by atoms with Gasteiger partial charge in [0, 0.05) is 18.1 Å². The molecule has 0 aliphatic carbocycles. The van der Waals surface area contributed by atoms with E-state index in [0.29, 0.717) is 5.65 Å². The van der Waals surface area contributed by atoms with Crippen LogP contribution in [-0.4, -0.2) is 19.2 Å². The van der Waals surface area contributed by atoms with Crippen LogP contribution >= 0.6 is 0 Å². The highest BCUT2D eigenvalue weighted by Gasteiger charge is 2.05. The van der Waals surface area contributed by atoms with E-state index in [4.69, 9.17) is 0 Å². The Hall–Kier alpha value is -2.43. The maximum Gasteiger partial charge on any atom is 0.300 e. The number of benzene rings is 1. The minimum Gasteiger partial charge on any atom is -0.283 e. The van der Waals surface area contributed by atoms with Crippen molar-refractivity contribution in [2.24, 2.45) is 0 Å². The maximum atomic E-state index is 12.0. The summed E-state index contributed by atoms with van der Waals surface area (Å²) < 4.78 is 3.14. The summed E-state index contributed by atoms with van der Waals surface area (Å²) in [5, 5.41) is 7.48. The molecule has 0 aliphatic heterocycles. The molecule has 5 nitrogen and oxygen atoms in total. The first-order chi connectivity index (χ1) is 7.86. The zero-order valence-corrected chi connectivity index (χ0v) is 8.32. The van der Waals surface area contributed by atoms with Gasteiger partial charge in [0.1, 0.15) is 6.33 Å². The Bertz CT molecular complexity index is 684. The first-order valence-electron chi connectivity index (χ1n) is 4.83. The normalized spacial score (nSPS) is 10.8. The van der Waals surface area contributed by atoms with E-state index in [2.05, 4.69) is 10.2 Å². The molecule has 2 heterocycles. The van der Waals surface area contributed by atoms with E-state index in [0.717, 1.165) is 5.69 Å². The molecule has 3 rings (SSSR count). The summed E-state index contributed by atoms with van der Waals surface area (Å²) in [6, 6.07) is 9.41. The number of para-hydroxylation sites is 1. The molecular weight excluding hydrogens is 204 g/mol. The van der Waals surface area contributed by atoms with Gasteiger partial charge in [-0.3, -0.25) is 13.8 Å². The standard InChI is InChI=1S/C11H8N4O/c16-11-10-13-12-8-14(10)6-7-15(11)9-4-2-1-3-5-9/h1-8H. The molecule has 16 heavy (non-hydrogen) atoms. The van der Waals surface area contributed by atoms with Crippen LogP contribution in [0.25, 0.3) is 11.3 Å². The smallest absolute Gasteiger partial charge is 0.283 e. The number of fused-ring (bicyclic) bond motifs is 1. The topological polar surface area (TPSA) is 52.2 Å². The molecule has 3 aromatic rings. The van der Waals surface area contributed by atoms with Gasteiger partial charge in [-0.25, -0.2) is 0 Å². The predicted molar refractivity (Wildman–Crippen MR) is 58.6 cm³/mol. The Morgan fingerprint density at radius 2 is 1.88 bits per heavy atom. The van der Waals surface area contributed by atoms with Crippen LogP contribution in [0.3, 0.4) is 0 Å². The van der Waals surface area contributed by atoms with E-state index >= 15 is 0 Å². The summed E-state index contributed by atoms with van der Waals surface area (Å²) in [4.78, 5) is 12.0. The molecule has 0 saturated heterocycles. The minimum absolute atomic E-state index is 0.175. The van der Waals surface area contributed by atoms with Crippen LogP contribution in [-0.2, 0) is 0 Å². The number of rotatable bonds is 1. The van der Waals surface area contributed by atoms with Gasteiger partial charge in [-0.15, -0.1) is 10.2 Å². The molecule has 2 aromatic heterocycles. The van der Waals surface area contributed by atoms with Crippen LogP contribution in [0, 0.1) is 0 Å². The highest BCUT2D eigenvalue weighted by molar-refractivity contribution is 5.39. The molecule has 0 saturated carbocycles. The first kappa shape index (κ1) is 8.84. The van der Waals surface area contributed by atoms with Gasteiger partial charge < -0.3 is 0 Å². The fourth-order valence-electron chi connectivity index (χ4n) is 1.61. The van der Waals surface area contributed by atoms with Crippen molar-refractivity contribution in [2.45, 2.75) is 0 Å². The molecule has 0 unspecified atom stereocenters. The second kappa shape index (κ2) is 3.30. The van der Waals surface area contributed by atoms with Gasteiger partial charge >= 0.3 is 5.56 Å². The van der Waals surface area contributed by atoms with Gasteiger partial charge in [0.05, 0.1) is 0 Å². The number of nitrogens with zero attached hydrogens (tertiary/aromatic N) is 4. The van der Waals surface area contributed by atoms with Gasteiger partial charge in [0.2, 0.25) is 5.65 Å². The van der Waals surface area contributed by atoms with Crippen molar-refractivity contribution in [3.8, 4) is 5.69 Å². The lowest BCUT2D eigenvalue weighted by Gasteiger charge is -2.04. The van der Waals surface area contributed by atoms with E-state index < -0.39 is 0 Å². The van der Waals surface area contributed by atoms with Crippen LogP contribution in [0.15, 0.2) is 53.8 Å². The van der Waals surface area contributed by atoms with E-state index in [1.807, 2.05) is 30.3 Å². The average Bonchev–Trinajstić information content (AvgIpc) is 2.80. The van der Waals surface area contributed by atoms with Gasteiger partial charge in [-0.1, -0.05) is 18.2 Å². The van der Waals surface area contributed by atoms with E-state index in [-0.39, 0.29) is 5.56 Å². The van der Waals surface area contributed by atoms with Crippen LogP contribution in [0.1, 0.15) is 0 Å². The fraction of sp³-hybridized carbons (Fsp3) is 0. The third kappa shape index (κ3) is 1.22. The molecule has 5 heteroatoms. The lowest BCUT2D eigenvalue weighted by molar-refractivity contribution is 0.950. The van der Waals surface area contributed by atoms with Gasteiger partial charge in [0.15, 0.2) is 0 Å². The van der Waals surface area contributed by atoms with E-state index in [9.17, 15) is 4.79 Å². The molecule has 1 aromatic carbocycles. The number of hydrogen-bond acceptors (Lipinski definition) is 3. The largest absolute Gasteiger partial charge is 0.300 e. The minimum atomic E-state index is -0.175. The Balaban J connectivity index is 2.33. The number of hydrogen-bond donors (Lipinski definition) is 0. The zero-order valence-electron chi connectivity index (χ0n) is 8.32. The van der Waals surface area contributed by atoms with Gasteiger partial charge in [-0.05, 0) is 12.1 Å². The van der Waals surface area contributed by atoms with E-state index in [1.165, 1.54) is 6.33 Å². The van der Waals surface area contributed by atoms with E-state index in [1.54, 1.807) is 21.4 Å². The molecule has 78 valence electrons. The summed E-state index contributed by atoms with van der Waals surface area (Å²) in [6.07, 6.45) is 4.96. The fourth-order valence-corrected chi connectivity index (χ4v) is 1.61. The molecule has 0 atom stereocenters. The summed E-state index contributed by atoms with van der Waals surface area (Å²) in [5.41, 5.74) is 0.968. The molecule has 0 fully saturated rings. The summed E-state index contributed by atoms with van der Waals surface area (Å²) in [6.45, 7) is 0. The van der Waals surface area contributed by atoms with Gasteiger partial charge in [-0.2, -0.15) is 0 Å². The van der Waals surface area contributed by atoms with Crippen LogP contribution in [0.5, 0.6) is 0 Å². The zero-order chi connectivity index (χ0) is 11.0. The highest BCUT2D eigenvalue weighted by atomic mass is 16.1. The van der Waals surface area contributed by atoms with Crippen LogP contribution in [0.4, 0.5) is 0 Å². The Morgan fingerprint density at radius 1 is 1.06 bits per heavy atom. The monoisotopic (exact) mass is 212 g/mol. The van der Waals surface area contributed by atoms with Crippen molar-refractivity contribution in [1.29, 1.82) is 0 Å². The molecule has 0 amide bonds. The van der Waals surface area contributed by atoms with Crippen molar-refractivity contribution >= 4 is 5.65 Å². The second-order valence-corrected chi connectivity index (χ2v) is 3.37. The van der Waals surface area contributed by atoms with Crippen molar-refractivity contribution in [3.05, 3.63) is 59.4 Å². The summed E-state index contributed by atoms with van der Waals surface area (Å²) in [7, 11) is 0. The third-order valence-electron chi connectivity index (χ3n) is 2.39. The van der Waals surface area contributed by atoms with Crippen molar-refractivity contribution in [2.75, 3.05) is 0 Å².